The highest BCUT2D eigenvalue weighted by atomic mass is 16.2. The molecule has 0 atom stereocenters. The molecule has 0 unspecified atom stereocenters. The normalized spacial score (nSPS) is 12.7. The van der Waals surface area contributed by atoms with Gasteiger partial charge in [-0.25, -0.2) is 0 Å². The van der Waals surface area contributed by atoms with Gasteiger partial charge in [-0.3, -0.25) is 0 Å². The van der Waals surface area contributed by atoms with Crippen LogP contribution in [0.25, 0.3) is 0 Å². The highest BCUT2D eigenvalue weighted by Crippen LogP contribution is 1.78. The van der Waals surface area contributed by atoms with Gasteiger partial charge in [0, 0.05) is 0 Å². The topological polar surface area (TPSA) is 20.2 Å². The molecule has 50 valence electrons. The summed E-state index contributed by atoms with van der Waals surface area (Å²) in [5.74, 6) is 0. The largest absolute Gasteiger partial charge is 0.392 e. The van der Waals surface area contributed by atoms with Gasteiger partial charge in [0.05, 0.1) is 6.61 Å². The first-order valence-electron chi connectivity index (χ1n) is 2.97. The molecule has 0 radical (unpaired) electrons. The van der Waals surface area contributed by atoms with E-state index in [0.717, 1.165) is 0 Å². The number of hydrogen-bond acceptors (Lipinski definition) is 1. The molecule has 0 aliphatic carbocycles. The number of allylic oxidation sites excluding steroid dienone is 5. The fourth-order valence-corrected chi connectivity index (χ4v) is 0.379. The molecule has 0 aromatic carbocycles. The van der Waals surface area contributed by atoms with Crippen molar-refractivity contribution < 1.29 is 5.11 Å². The van der Waals surface area contributed by atoms with Crippen molar-refractivity contribution in [1.29, 1.82) is 0 Å². The molecule has 0 aromatic rings. The summed E-state index contributed by atoms with van der Waals surface area (Å²) >= 11 is 0. The standard InChI is InChI=1S/C8H12O/c1-2-3-4-5-6-7-8-9/h2-7,9H,8H2,1H3/b3-2+,5-4+,7-6+. The van der Waals surface area contributed by atoms with Crippen molar-refractivity contribution in [2.24, 2.45) is 0 Å². The highest BCUT2D eigenvalue weighted by Gasteiger charge is 1.60. The van der Waals surface area contributed by atoms with Crippen LogP contribution in [0.3, 0.4) is 0 Å². The van der Waals surface area contributed by atoms with E-state index in [4.69, 9.17) is 5.11 Å². The quantitative estimate of drug-likeness (QED) is 0.567. The molecule has 1 N–H and O–H groups in total. The lowest BCUT2D eigenvalue weighted by molar-refractivity contribution is 0.343. The summed E-state index contributed by atoms with van der Waals surface area (Å²) in [7, 11) is 0. The average Bonchev–Trinajstić information content (AvgIpc) is 1.89. The Balaban J connectivity index is 3.35. The smallest absolute Gasteiger partial charge is 0.0615 e. The molecule has 0 rings (SSSR count). The third-order valence-corrected chi connectivity index (χ3v) is 0.767. The Hall–Kier alpha value is -0.820. The van der Waals surface area contributed by atoms with Crippen molar-refractivity contribution in [3.05, 3.63) is 36.5 Å². The maximum absolute atomic E-state index is 8.28. The molecule has 0 amide bonds. The van der Waals surface area contributed by atoms with E-state index in [1.54, 1.807) is 12.2 Å². The lowest BCUT2D eigenvalue weighted by atomic mass is 10.4. The Morgan fingerprint density at radius 1 is 1.11 bits per heavy atom. The van der Waals surface area contributed by atoms with E-state index in [-0.39, 0.29) is 6.61 Å². The van der Waals surface area contributed by atoms with Gasteiger partial charge >= 0.3 is 0 Å². The molecule has 0 saturated carbocycles. The van der Waals surface area contributed by atoms with Crippen LogP contribution in [0, 0.1) is 0 Å². The predicted molar refractivity (Wildman–Crippen MR) is 40.2 cm³/mol. The first kappa shape index (κ1) is 8.18. The SMILES string of the molecule is C/C=C/C=C/C=C/CO. The summed E-state index contributed by atoms with van der Waals surface area (Å²) in [4.78, 5) is 0. The van der Waals surface area contributed by atoms with Crippen molar-refractivity contribution in [1.82, 2.24) is 0 Å². The molecule has 0 bridgehead atoms. The minimum Gasteiger partial charge on any atom is -0.392 e. The molecule has 1 heteroatoms. The molecular formula is C8H12O. The van der Waals surface area contributed by atoms with E-state index in [1.165, 1.54) is 0 Å². The van der Waals surface area contributed by atoms with Crippen LogP contribution >= 0.6 is 0 Å². The zero-order chi connectivity index (χ0) is 6.95. The van der Waals surface area contributed by atoms with Gasteiger partial charge in [-0.15, -0.1) is 0 Å². The molecular weight excluding hydrogens is 112 g/mol. The summed E-state index contributed by atoms with van der Waals surface area (Å²) in [5.41, 5.74) is 0. The van der Waals surface area contributed by atoms with Gasteiger partial charge < -0.3 is 5.11 Å². The van der Waals surface area contributed by atoms with Gasteiger partial charge in [-0.05, 0) is 6.92 Å². The van der Waals surface area contributed by atoms with E-state index in [1.807, 2.05) is 31.2 Å². The summed E-state index contributed by atoms with van der Waals surface area (Å²) in [6, 6.07) is 0. The highest BCUT2D eigenvalue weighted by molar-refractivity contribution is 5.10. The predicted octanol–water partition coefficient (Wildman–Crippen LogP) is 1.67. The van der Waals surface area contributed by atoms with Crippen molar-refractivity contribution >= 4 is 0 Å². The van der Waals surface area contributed by atoms with Crippen LogP contribution < -0.4 is 0 Å². The van der Waals surface area contributed by atoms with Crippen LogP contribution in [0.5, 0.6) is 0 Å². The number of hydrogen-bond donors (Lipinski definition) is 1. The van der Waals surface area contributed by atoms with Gasteiger partial charge in [-0.1, -0.05) is 36.5 Å². The van der Waals surface area contributed by atoms with Gasteiger partial charge in [0.2, 0.25) is 0 Å². The Morgan fingerprint density at radius 2 is 1.78 bits per heavy atom. The van der Waals surface area contributed by atoms with Crippen LogP contribution in [-0.4, -0.2) is 11.7 Å². The third-order valence-electron chi connectivity index (χ3n) is 0.767. The van der Waals surface area contributed by atoms with E-state index in [9.17, 15) is 0 Å². The maximum Gasteiger partial charge on any atom is 0.0615 e. The van der Waals surface area contributed by atoms with Crippen LogP contribution in [0.4, 0.5) is 0 Å². The molecule has 0 heterocycles. The second kappa shape index (κ2) is 7.18. The maximum atomic E-state index is 8.28. The lowest BCUT2D eigenvalue weighted by Crippen LogP contribution is -1.66. The zero-order valence-corrected chi connectivity index (χ0v) is 5.62. The summed E-state index contributed by atoms with van der Waals surface area (Å²) in [6.45, 7) is 2.07. The van der Waals surface area contributed by atoms with Gasteiger partial charge in [0.15, 0.2) is 0 Å². The van der Waals surface area contributed by atoms with Crippen LogP contribution in [0.2, 0.25) is 0 Å². The minimum absolute atomic E-state index is 0.111. The van der Waals surface area contributed by atoms with Crippen molar-refractivity contribution in [3.63, 3.8) is 0 Å². The second-order valence-corrected chi connectivity index (χ2v) is 1.52. The van der Waals surface area contributed by atoms with E-state index in [0.29, 0.717) is 0 Å². The first-order valence-corrected chi connectivity index (χ1v) is 2.97. The van der Waals surface area contributed by atoms with Crippen LogP contribution in [0.1, 0.15) is 6.92 Å². The van der Waals surface area contributed by atoms with Crippen molar-refractivity contribution in [2.75, 3.05) is 6.61 Å². The Labute approximate surface area is 56.0 Å². The van der Waals surface area contributed by atoms with E-state index >= 15 is 0 Å². The van der Waals surface area contributed by atoms with Crippen molar-refractivity contribution in [2.45, 2.75) is 6.92 Å². The van der Waals surface area contributed by atoms with Crippen LogP contribution in [0.15, 0.2) is 36.5 Å². The summed E-state index contributed by atoms with van der Waals surface area (Å²) in [6.07, 6.45) is 11.1. The van der Waals surface area contributed by atoms with E-state index in [2.05, 4.69) is 0 Å². The Kier molecular flexibility index (Phi) is 6.53. The molecule has 1 nitrogen and oxygen atoms in total. The number of rotatable bonds is 3. The summed E-state index contributed by atoms with van der Waals surface area (Å²) in [5, 5.41) is 8.28. The lowest BCUT2D eigenvalue weighted by Gasteiger charge is -1.73. The van der Waals surface area contributed by atoms with Gasteiger partial charge in [0.25, 0.3) is 0 Å². The molecule has 9 heavy (non-hydrogen) atoms. The number of aliphatic hydroxyl groups is 1. The average molecular weight is 124 g/mol. The van der Waals surface area contributed by atoms with Crippen molar-refractivity contribution in [3.8, 4) is 0 Å². The monoisotopic (exact) mass is 124 g/mol. The molecule has 0 fully saturated rings. The minimum atomic E-state index is 0.111. The third kappa shape index (κ3) is 7.18. The number of aliphatic hydroxyl groups excluding tert-OH is 1. The first-order chi connectivity index (χ1) is 4.41. The molecule has 0 spiro atoms. The molecule has 0 saturated heterocycles. The Morgan fingerprint density at radius 3 is 2.33 bits per heavy atom. The molecule has 0 aliphatic rings. The van der Waals surface area contributed by atoms with Gasteiger partial charge in [-0.2, -0.15) is 0 Å². The fourth-order valence-electron chi connectivity index (χ4n) is 0.379. The zero-order valence-electron chi connectivity index (χ0n) is 5.62. The molecule has 0 aromatic heterocycles. The summed E-state index contributed by atoms with van der Waals surface area (Å²) < 4.78 is 0. The van der Waals surface area contributed by atoms with Crippen LogP contribution in [-0.2, 0) is 0 Å². The molecule has 0 aliphatic heterocycles. The van der Waals surface area contributed by atoms with E-state index < -0.39 is 0 Å². The second-order valence-electron chi connectivity index (χ2n) is 1.52. The van der Waals surface area contributed by atoms with Gasteiger partial charge in [0.1, 0.15) is 0 Å². The Bertz CT molecular complexity index is 121. The fraction of sp³-hybridized carbons (Fsp3) is 0.250.